The second-order valence-electron chi connectivity index (χ2n) is 4.59. The van der Waals surface area contributed by atoms with E-state index >= 15 is 0 Å². The molecule has 2 rings (SSSR count). The van der Waals surface area contributed by atoms with Crippen LogP contribution in [0.4, 0.5) is 4.79 Å². The van der Waals surface area contributed by atoms with Crippen molar-refractivity contribution in [2.75, 3.05) is 6.61 Å². The number of nitrogens with one attached hydrogen (secondary N) is 2. The molecular formula is C13H18N2O4S. The molecule has 0 aromatic heterocycles. The molecule has 0 bridgehead atoms. The summed E-state index contributed by atoms with van der Waals surface area (Å²) in [4.78, 5) is 13.3. The summed E-state index contributed by atoms with van der Waals surface area (Å²) in [5.41, 5.74) is 4.27. The van der Waals surface area contributed by atoms with Gasteiger partial charge in [0, 0.05) is 0 Å². The van der Waals surface area contributed by atoms with Crippen molar-refractivity contribution in [3.8, 4) is 0 Å². The van der Waals surface area contributed by atoms with Crippen LogP contribution in [0.25, 0.3) is 0 Å². The van der Waals surface area contributed by atoms with E-state index in [1.807, 2.05) is 16.3 Å². The van der Waals surface area contributed by atoms with Gasteiger partial charge in [-0.25, -0.2) is 18.6 Å². The summed E-state index contributed by atoms with van der Waals surface area (Å²) in [5, 5.41) is 0. The maximum Gasteiger partial charge on any atom is 0.422 e. The summed E-state index contributed by atoms with van der Waals surface area (Å²) in [6.45, 7) is 1.81. The van der Waals surface area contributed by atoms with Gasteiger partial charge in [-0.15, -0.1) is 4.83 Å². The Labute approximate surface area is 118 Å². The fourth-order valence-electron chi connectivity index (χ4n) is 2.21. The van der Waals surface area contributed by atoms with Gasteiger partial charge in [0.15, 0.2) is 0 Å². The monoisotopic (exact) mass is 298 g/mol. The number of hydrogen-bond donors (Lipinski definition) is 2. The predicted molar refractivity (Wildman–Crippen MR) is 73.6 cm³/mol. The third-order valence-electron chi connectivity index (χ3n) is 3.19. The molecule has 1 aromatic carbocycles. The standard InChI is InChI=1S/C13H18N2O4S/c1-2-19-13(16)14-15-20(17,18)12-8-7-10-5-3-4-6-11(10)9-12/h7-9,15H,2-6H2,1H3,(H,14,16). The average Bonchev–Trinajstić information content (AvgIpc) is 2.45. The Kier molecular flexibility index (Phi) is 4.61. The van der Waals surface area contributed by atoms with Gasteiger partial charge < -0.3 is 4.74 Å². The van der Waals surface area contributed by atoms with E-state index < -0.39 is 16.1 Å². The highest BCUT2D eigenvalue weighted by Gasteiger charge is 2.18. The van der Waals surface area contributed by atoms with Crippen molar-refractivity contribution in [2.45, 2.75) is 37.5 Å². The van der Waals surface area contributed by atoms with Gasteiger partial charge in [-0.3, -0.25) is 0 Å². The lowest BCUT2D eigenvalue weighted by molar-refractivity contribution is 0.150. The molecule has 0 saturated carbocycles. The zero-order chi connectivity index (χ0) is 14.6. The van der Waals surface area contributed by atoms with Crippen molar-refractivity contribution in [1.82, 2.24) is 10.3 Å². The number of ether oxygens (including phenoxy) is 1. The van der Waals surface area contributed by atoms with Crippen molar-refractivity contribution in [3.63, 3.8) is 0 Å². The summed E-state index contributed by atoms with van der Waals surface area (Å²) >= 11 is 0. The number of sulfonamides is 1. The number of hydrazine groups is 1. The second-order valence-corrected chi connectivity index (χ2v) is 6.27. The first-order chi connectivity index (χ1) is 9.53. The zero-order valence-electron chi connectivity index (χ0n) is 11.3. The Morgan fingerprint density at radius 2 is 1.95 bits per heavy atom. The van der Waals surface area contributed by atoms with Gasteiger partial charge >= 0.3 is 6.09 Å². The van der Waals surface area contributed by atoms with E-state index in [1.54, 1.807) is 19.1 Å². The topological polar surface area (TPSA) is 84.5 Å². The van der Waals surface area contributed by atoms with Crippen molar-refractivity contribution in [3.05, 3.63) is 29.3 Å². The molecule has 0 atom stereocenters. The van der Waals surface area contributed by atoms with Crippen LogP contribution in [0.5, 0.6) is 0 Å². The Bertz CT molecular complexity index is 598. The summed E-state index contributed by atoms with van der Waals surface area (Å²) in [6, 6.07) is 5.07. The quantitative estimate of drug-likeness (QED) is 0.825. The zero-order valence-corrected chi connectivity index (χ0v) is 12.1. The summed E-state index contributed by atoms with van der Waals surface area (Å²) in [7, 11) is -3.77. The molecule has 110 valence electrons. The molecule has 20 heavy (non-hydrogen) atoms. The number of hydrogen-bond acceptors (Lipinski definition) is 4. The molecule has 1 aliphatic rings. The first-order valence-corrected chi connectivity index (χ1v) is 8.07. The molecule has 1 amide bonds. The fourth-order valence-corrected chi connectivity index (χ4v) is 3.09. The van der Waals surface area contributed by atoms with Crippen molar-refractivity contribution >= 4 is 16.1 Å². The summed E-state index contributed by atoms with van der Waals surface area (Å²) in [6.07, 6.45) is 3.27. The molecule has 0 heterocycles. The molecule has 0 saturated heterocycles. The molecule has 7 heteroatoms. The smallest absolute Gasteiger partial charge is 0.422 e. The van der Waals surface area contributed by atoms with Gasteiger partial charge in [0.2, 0.25) is 0 Å². The van der Waals surface area contributed by atoms with Crippen LogP contribution >= 0.6 is 0 Å². The maximum absolute atomic E-state index is 12.0. The van der Waals surface area contributed by atoms with Crippen LogP contribution in [0.3, 0.4) is 0 Å². The van der Waals surface area contributed by atoms with Crippen molar-refractivity contribution in [1.29, 1.82) is 0 Å². The first kappa shape index (κ1) is 14.8. The lowest BCUT2D eigenvalue weighted by Crippen LogP contribution is -2.41. The highest BCUT2D eigenvalue weighted by Crippen LogP contribution is 2.23. The third kappa shape index (κ3) is 3.49. The number of aryl methyl sites for hydroxylation is 2. The number of amides is 1. The number of benzene rings is 1. The average molecular weight is 298 g/mol. The molecule has 0 aliphatic heterocycles. The van der Waals surface area contributed by atoms with Gasteiger partial charge in [0.25, 0.3) is 10.0 Å². The number of carbonyl (C=O) groups excluding carboxylic acids is 1. The van der Waals surface area contributed by atoms with Crippen LogP contribution < -0.4 is 10.3 Å². The number of carbonyl (C=O) groups is 1. The molecular weight excluding hydrogens is 280 g/mol. The van der Waals surface area contributed by atoms with Gasteiger partial charge in [0.05, 0.1) is 11.5 Å². The van der Waals surface area contributed by atoms with Crippen molar-refractivity contribution in [2.24, 2.45) is 0 Å². The molecule has 0 radical (unpaired) electrons. The van der Waals surface area contributed by atoms with E-state index in [1.165, 1.54) is 5.56 Å². The Hall–Kier alpha value is -1.60. The number of fused-ring (bicyclic) bond motifs is 1. The largest absolute Gasteiger partial charge is 0.449 e. The van der Waals surface area contributed by atoms with Crippen LogP contribution in [0.1, 0.15) is 30.9 Å². The normalized spacial score (nSPS) is 14.4. The van der Waals surface area contributed by atoms with E-state index in [-0.39, 0.29) is 11.5 Å². The molecule has 0 unspecified atom stereocenters. The van der Waals surface area contributed by atoms with Crippen LogP contribution in [-0.4, -0.2) is 21.1 Å². The minimum Gasteiger partial charge on any atom is -0.449 e. The molecule has 2 N–H and O–H groups in total. The van der Waals surface area contributed by atoms with E-state index in [0.29, 0.717) is 0 Å². The highest BCUT2D eigenvalue weighted by molar-refractivity contribution is 7.89. The van der Waals surface area contributed by atoms with Crippen LogP contribution in [0.15, 0.2) is 23.1 Å². The minimum absolute atomic E-state index is 0.148. The molecule has 1 aromatic rings. The molecule has 1 aliphatic carbocycles. The minimum atomic E-state index is -3.77. The Morgan fingerprint density at radius 1 is 1.25 bits per heavy atom. The SMILES string of the molecule is CCOC(=O)NNS(=O)(=O)c1ccc2c(c1)CCCC2. The van der Waals surface area contributed by atoms with Crippen LogP contribution in [0, 0.1) is 0 Å². The van der Waals surface area contributed by atoms with Crippen LogP contribution in [-0.2, 0) is 27.6 Å². The van der Waals surface area contributed by atoms with Gasteiger partial charge in [0.1, 0.15) is 0 Å². The Balaban J connectivity index is 2.11. The van der Waals surface area contributed by atoms with Gasteiger partial charge in [-0.05, 0) is 55.9 Å². The summed E-state index contributed by atoms with van der Waals surface area (Å²) < 4.78 is 28.7. The van der Waals surface area contributed by atoms with E-state index in [0.717, 1.165) is 31.2 Å². The molecule has 0 fully saturated rings. The third-order valence-corrected chi connectivity index (χ3v) is 4.44. The van der Waals surface area contributed by atoms with Crippen LogP contribution in [0.2, 0.25) is 0 Å². The first-order valence-electron chi connectivity index (χ1n) is 6.59. The van der Waals surface area contributed by atoms with E-state index in [4.69, 9.17) is 0 Å². The highest BCUT2D eigenvalue weighted by atomic mass is 32.2. The lowest BCUT2D eigenvalue weighted by Gasteiger charge is -2.16. The van der Waals surface area contributed by atoms with Gasteiger partial charge in [-0.1, -0.05) is 6.07 Å². The Morgan fingerprint density at radius 3 is 2.65 bits per heavy atom. The second kappa shape index (κ2) is 6.23. The van der Waals surface area contributed by atoms with Crippen molar-refractivity contribution < 1.29 is 17.9 Å². The van der Waals surface area contributed by atoms with Gasteiger partial charge in [-0.2, -0.15) is 0 Å². The van der Waals surface area contributed by atoms with E-state index in [9.17, 15) is 13.2 Å². The van der Waals surface area contributed by atoms with E-state index in [2.05, 4.69) is 4.74 Å². The summed E-state index contributed by atoms with van der Waals surface area (Å²) in [5.74, 6) is 0. The lowest BCUT2D eigenvalue weighted by atomic mass is 9.92. The fraction of sp³-hybridized carbons (Fsp3) is 0.462. The molecule has 0 spiro atoms. The maximum atomic E-state index is 12.0. The molecule has 6 nitrogen and oxygen atoms in total. The predicted octanol–water partition coefficient (Wildman–Crippen LogP) is 1.50. The number of rotatable bonds is 4.